The van der Waals surface area contributed by atoms with E-state index in [-0.39, 0.29) is 25.9 Å². The Kier molecular flexibility index (Phi) is 7.45. The molecule has 3 nitrogen and oxygen atoms in total. The average Bonchev–Trinajstić information content (AvgIpc) is 2.81. The summed E-state index contributed by atoms with van der Waals surface area (Å²) < 4.78 is 0. The van der Waals surface area contributed by atoms with E-state index in [1.54, 1.807) is 18.3 Å². The third kappa shape index (κ3) is 5.18. The molecule has 2 aromatic heterocycles. The van der Waals surface area contributed by atoms with E-state index in [1.807, 2.05) is 91.1 Å². The molecule has 4 heteroatoms. The van der Waals surface area contributed by atoms with Crippen LogP contribution < -0.4 is 0 Å². The predicted molar refractivity (Wildman–Crippen MR) is 117 cm³/mol. The molecular weight excluding hydrogens is 549 g/mol. The molecule has 0 aliphatic carbocycles. The summed E-state index contributed by atoms with van der Waals surface area (Å²) in [6, 6.07) is 34.1. The second-order valence-corrected chi connectivity index (χ2v) is 6.43. The monoisotopic (exact) mass is 568 g/mol. The van der Waals surface area contributed by atoms with Crippen molar-refractivity contribution in [2.75, 3.05) is 0 Å². The zero-order valence-corrected chi connectivity index (χ0v) is 18.5. The van der Waals surface area contributed by atoms with Gasteiger partial charge in [0, 0.05) is 43.4 Å². The zero-order chi connectivity index (χ0) is 19.9. The van der Waals surface area contributed by atoms with Crippen molar-refractivity contribution < 1.29 is 25.2 Å². The van der Waals surface area contributed by atoms with Crippen molar-refractivity contribution >= 4 is 10.8 Å². The fourth-order valence-electron chi connectivity index (χ4n) is 3.00. The first-order valence-corrected chi connectivity index (χ1v) is 9.32. The average molecular weight is 568 g/mol. The Morgan fingerprint density at radius 2 is 1.40 bits per heavy atom. The van der Waals surface area contributed by atoms with Crippen molar-refractivity contribution in [3.8, 4) is 28.3 Å². The van der Waals surface area contributed by atoms with Gasteiger partial charge in [0.05, 0.1) is 5.69 Å². The number of aromatic nitrogens is 2. The minimum Gasteiger partial charge on any atom is -0.507 e. The summed E-state index contributed by atoms with van der Waals surface area (Å²) in [6.07, 6.45) is 3.62. The molecule has 0 spiro atoms. The molecule has 5 aromatic rings. The molecule has 0 unspecified atom stereocenters. The van der Waals surface area contributed by atoms with E-state index in [9.17, 15) is 5.11 Å². The summed E-state index contributed by atoms with van der Waals surface area (Å²) in [7, 11) is 0. The van der Waals surface area contributed by atoms with Crippen LogP contribution in [0.4, 0.5) is 0 Å². The Hall–Kier alpha value is -3.33. The maximum absolute atomic E-state index is 9.80. The second kappa shape index (κ2) is 10.4. The Labute approximate surface area is 189 Å². The zero-order valence-electron chi connectivity index (χ0n) is 16.1. The van der Waals surface area contributed by atoms with Crippen molar-refractivity contribution in [1.82, 2.24) is 9.97 Å². The number of fused-ring (bicyclic) bond motifs is 1. The van der Waals surface area contributed by atoms with Gasteiger partial charge in [0.1, 0.15) is 5.75 Å². The van der Waals surface area contributed by atoms with E-state index >= 15 is 0 Å². The molecule has 5 rings (SSSR count). The third-order valence-electron chi connectivity index (χ3n) is 4.46. The minimum absolute atomic E-state index is 0. The molecule has 0 saturated carbocycles. The van der Waals surface area contributed by atoms with E-state index in [2.05, 4.69) is 16.0 Å². The van der Waals surface area contributed by atoms with Gasteiger partial charge in [-0.2, -0.15) is 0 Å². The molecule has 0 atom stereocenters. The summed E-state index contributed by atoms with van der Waals surface area (Å²) in [5.74, 6) is 0.260. The van der Waals surface area contributed by atoms with Gasteiger partial charge in [0.15, 0.2) is 0 Å². The summed E-state index contributed by atoms with van der Waals surface area (Å²) in [5, 5.41) is 12.0. The van der Waals surface area contributed by atoms with Gasteiger partial charge >= 0.3 is 0 Å². The van der Waals surface area contributed by atoms with Crippen molar-refractivity contribution in [1.29, 1.82) is 0 Å². The number of para-hydroxylation sites is 1. The SMILES string of the molecule is Oc1ccccc1-c1cc2ccccc2cn1.[Ir].[c-]1ccccc1-c1ccccn1. The van der Waals surface area contributed by atoms with Crippen LogP contribution in [0.25, 0.3) is 33.3 Å². The van der Waals surface area contributed by atoms with Crippen LogP contribution in [-0.4, -0.2) is 15.1 Å². The quantitative estimate of drug-likeness (QED) is 0.260. The normalized spacial score (nSPS) is 9.87. The van der Waals surface area contributed by atoms with E-state index in [0.29, 0.717) is 0 Å². The van der Waals surface area contributed by atoms with Crippen molar-refractivity contribution in [3.05, 3.63) is 116 Å². The summed E-state index contributed by atoms with van der Waals surface area (Å²) in [4.78, 5) is 8.60. The standard InChI is InChI=1S/C15H11NO.C11H8N.Ir/c17-15-8-4-3-7-13(15)14-9-11-5-1-2-6-12(11)10-16-14;1-2-6-10(7-3-1)11-8-4-5-9-12-11;/h1-10,17H;1-6,8-9H;/q;-1;. The van der Waals surface area contributed by atoms with Gasteiger partial charge in [-0.1, -0.05) is 48.5 Å². The van der Waals surface area contributed by atoms with E-state index in [0.717, 1.165) is 33.3 Å². The van der Waals surface area contributed by atoms with Gasteiger partial charge in [-0.15, -0.1) is 35.9 Å². The van der Waals surface area contributed by atoms with Gasteiger partial charge in [0.2, 0.25) is 0 Å². The Morgan fingerprint density at radius 1 is 0.667 bits per heavy atom. The van der Waals surface area contributed by atoms with Gasteiger partial charge < -0.3 is 10.1 Å². The third-order valence-corrected chi connectivity index (χ3v) is 4.46. The first-order valence-electron chi connectivity index (χ1n) is 9.32. The maximum atomic E-state index is 9.80. The molecule has 3 aromatic carbocycles. The molecule has 0 aliphatic heterocycles. The molecule has 1 radical (unpaired) electrons. The molecule has 0 saturated heterocycles. The fourth-order valence-corrected chi connectivity index (χ4v) is 3.00. The van der Waals surface area contributed by atoms with Crippen LogP contribution in [0, 0.1) is 6.07 Å². The molecule has 2 heterocycles. The number of phenolic OH excluding ortho intramolecular Hbond substituents is 1. The van der Waals surface area contributed by atoms with Crippen molar-refractivity contribution in [2.45, 2.75) is 0 Å². The molecule has 0 amide bonds. The summed E-state index contributed by atoms with van der Waals surface area (Å²) in [5.41, 5.74) is 3.57. The Bertz CT molecular complexity index is 1170. The summed E-state index contributed by atoms with van der Waals surface area (Å²) >= 11 is 0. The number of phenols is 1. The van der Waals surface area contributed by atoms with Crippen LogP contribution in [0.1, 0.15) is 0 Å². The fraction of sp³-hybridized carbons (Fsp3) is 0. The van der Waals surface area contributed by atoms with Crippen LogP contribution in [0.15, 0.2) is 109 Å². The Balaban J connectivity index is 0.000000175. The second-order valence-electron chi connectivity index (χ2n) is 6.43. The molecule has 149 valence electrons. The van der Waals surface area contributed by atoms with Gasteiger partial charge in [0.25, 0.3) is 0 Å². The molecule has 0 bridgehead atoms. The van der Waals surface area contributed by atoms with Crippen LogP contribution in [-0.2, 0) is 20.1 Å². The molecule has 1 N–H and O–H groups in total. The first kappa shape index (κ1) is 21.4. The van der Waals surface area contributed by atoms with Crippen LogP contribution >= 0.6 is 0 Å². The van der Waals surface area contributed by atoms with Gasteiger partial charge in [-0.05, 0) is 35.3 Å². The van der Waals surface area contributed by atoms with Crippen LogP contribution in [0.3, 0.4) is 0 Å². The largest absolute Gasteiger partial charge is 0.507 e. The van der Waals surface area contributed by atoms with Gasteiger partial charge in [-0.25, -0.2) is 0 Å². The molecular formula is C26H19IrN2O-. The molecule has 30 heavy (non-hydrogen) atoms. The van der Waals surface area contributed by atoms with Crippen LogP contribution in [0.2, 0.25) is 0 Å². The minimum atomic E-state index is 0. The number of rotatable bonds is 2. The van der Waals surface area contributed by atoms with E-state index < -0.39 is 0 Å². The maximum Gasteiger partial charge on any atom is 0.124 e. The van der Waals surface area contributed by atoms with E-state index in [1.165, 1.54) is 0 Å². The number of hydrogen-bond donors (Lipinski definition) is 1. The van der Waals surface area contributed by atoms with E-state index in [4.69, 9.17) is 0 Å². The smallest absolute Gasteiger partial charge is 0.124 e. The van der Waals surface area contributed by atoms with Gasteiger partial charge in [-0.3, -0.25) is 4.98 Å². The number of benzene rings is 3. The van der Waals surface area contributed by atoms with Crippen molar-refractivity contribution in [3.63, 3.8) is 0 Å². The summed E-state index contributed by atoms with van der Waals surface area (Å²) in [6.45, 7) is 0. The molecule has 0 aliphatic rings. The topological polar surface area (TPSA) is 46.0 Å². The Morgan fingerprint density at radius 3 is 2.13 bits per heavy atom. The van der Waals surface area contributed by atoms with Crippen molar-refractivity contribution in [2.24, 2.45) is 0 Å². The number of hydrogen-bond acceptors (Lipinski definition) is 3. The number of aromatic hydroxyl groups is 1. The van der Waals surface area contributed by atoms with Crippen LogP contribution in [0.5, 0.6) is 5.75 Å². The predicted octanol–water partition coefficient (Wildman–Crippen LogP) is 6.15. The first-order chi connectivity index (χ1) is 14.3. The number of nitrogens with zero attached hydrogens (tertiary/aromatic N) is 2. The molecule has 0 fully saturated rings. The number of pyridine rings is 2.